The Labute approximate surface area is 154 Å². The highest BCUT2D eigenvalue weighted by Crippen LogP contribution is 2.33. The smallest absolute Gasteiger partial charge is 0.274 e. The molecule has 1 saturated heterocycles. The van der Waals surface area contributed by atoms with Crippen LogP contribution in [0, 0.1) is 0 Å². The van der Waals surface area contributed by atoms with Crippen LogP contribution in [-0.4, -0.2) is 46.1 Å². The average molecular weight is 361 g/mol. The summed E-state index contributed by atoms with van der Waals surface area (Å²) >= 11 is 6.19. The molecule has 3 rings (SSSR count). The Balaban J connectivity index is 1.85. The van der Waals surface area contributed by atoms with Crippen LogP contribution in [0.4, 0.5) is 0 Å². The maximum atomic E-state index is 13.1. The Morgan fingerprint density at radius 2 is 2.00 bits per heavy atom. The van der Waals surface area contributed by atoms with Gasteiger partial charge in [-0.1, -0.05) is 35.9 Å². The number of hydrogen-bond acceptors (Lipinski definition) is 3. The van der Waals surface area contributed by atoms with Crippen molar-refractivity contribution < 1.29 is 4.79 Å². The first-order valence-corrected chi connectivity index (χ1v) is 9.07. The summed E-state index contributed by atoms with van der Waals surface area (Å²) in [7, 11) is 5.88. The van der Waals surface area contributed by atoms with E-state index < -0.39 is 0 Å². The van der Waals surface area contributed by atoms with Crippen molar-refractivity contribution in [2.24, 2.45) is 7.05 Å². The van der Waals surface area contributed by atoms with Gasteiger partial charge in [0.05, 0.1) is 17.3 Å². The Morgan fingerprint density at radius 1 is 1.28 bits per heavy atom. The Bertz CT molecular complexity index is 719. The van der Waals surface area contributed by atoms with Crippen molar-refractivity contribution in [2.75, 3.05) is 20.6 Å². The Kier molecular flexibility index (Phi) is 5.45. The van der Waals surface area contributed by atoms with Crippen molar-refractivity contribution in [3.05, 3.63) is 52.3 Å². The lowest BCUT2D eigenvalue weighted by molar-refractivity contribution is 0.0600. The van der Waals surface area contributed by atoms with Crippen LogP contribution in [0.2, 0.25) is 5.02 Å². The lowest BCUT2D eigenvalue weighted by Crippen LogP contribution is -2.39. The fourth-order valence-electron chi connectivity index (χ4n) is 3.52. The third-order valence-electron chi connectivity index (χ3n) is 4.72. The summed E-state index contributed by atoms with van der Waals surface area (Å²) in [5, 5.41) is 4.52. The molecule has 1 unspecified atom stereocenters. The number of carbonyl (C=O) groups excluding carboxylic acids is 1. The Morgan fingerprint density at radius 3 is 2.60 bits per heavy atom. The van der Waals surface area contributed by atoms with Crippen molar-refractivity contribution in [2.45, 2.75) is 31.8 Å². The summed E-state index contributed by atoms with van der Waals surface area (Å²) in [6, 6.07) is 8.72. The third kappa shape index (κ3) is 3.88. The van der Waals surface area contributed by atoms with Gasteiger partial charge in [0.15, 0.2) is 0 Å². The summed E-state index contributed by atoms with van der Waals surface area (Å²) in [5.74, 6) is -0.0351. The number of aromatic nitrogens is 2. The maximum absolute atomic E-state index is 13.1. The van der Waals surface area contributed by atoms with Crippen LogP contribution in [-0.2, 0) is 13.6 Å². The molecule has 2 aromatic rings. The van der Waals surface area contributed by atoms with E-state index in [4.69, 9.17) is 11.6 Å². The first kappa shape index (κ1) is 18.0. The minimum absolute atomic E-state index is 0.0351. The van der Waals surface area contributed by atoms with Gasteiger partial charge in [-0.2, -0.15) is 5.10 Å². The summed E-state index contributed by atoms with van der Waals surface area (Å²) < 4.78 is 1.57. The maximum Gasteiger partial charge on any atom is 0.274 e. The van der Waals surface area contributed by atoms with E-state index in [2.05, 4.69) is 48.4 Å². The van der Waals surface area contributed by atoms with Crippen LogP contribution in [0.5, 0.6) is 0 Å². The van der Waals surface area contributed by atoms with Gasteiger partial charge in [0.1, 0.15) is 5.69 Å². The SMILES string of the molecule is CN(C)Cc1ccc(C2CCCCN2C(=O)c2c(Cl)cnn2C)cc1. The molecule has 0 N–H and O–H groups in total. The number of piperidine rings is 1. The first-order valence-electron chi connectivity index (χ1n) is 8.69. The summed E-state index contributed by atoms with van der Waals surface area (Å²) in [4.78, 5) is 17.2. The zero-order valence-corrected chi connectivity index (χ0v) is 15.8. The molecule has 0 saturated carbocycles. The lowest BCUT2D eigenvalue weighted by atomic mass is 9.94. The molecule has 1 atom stereocenters. The van der Waals surface area contributed by atoms with Gasteiger partial charge in [-0.05, 0) is 44.5 Å². The van der Waals surface area contributed by atoms with E-state index in [0.717, 1.165) is 32.4 Å². The van der Waals surface area contributed by atoms with Crippen molar-refractivity contribution in [3.63, 3.8) is 0 Å². The predicted molar refractivity (Wildman–Crippen MR) is 99.7 cm³/mol. The first-order chi connectivity index (χ1) is 12.0. The number of halogens is 1. The molecule has 0 aliphatic carbocycles. The van der Waals surface area contributed by atoms with E-state index in [1.165, 1.54) is 17.3 Å². The van der Waals surface area contributed by atoms with Gasteiger partial charge in [-0.25, -0.2) is 0 Å². The van der Waals surface area contributed by atoms with E-state index in [0.29, 0.717) is 10.7 Å². The monoisotopic (exact) mass is 360 g/mol. The number of carbonyl (C=O) groups is 1. The van der Waals surface area contributed by atoms with Gasteiger partial charge in [-0.3, -0.25) is 9.48 Å². The molecule has 1 aliphatic heterocycles. The molecule has 0 radical (unpaired) electrons. The van der Waals surface area contributed by atoms with Crippen molar-refractivity contribution >= 4 is 17.5 Å². The number of aryl methyl sites for hydroxylation is 1. The highest BCUT2D eigenvalue weighted by Gasteiger charge is 2.31. The molecule has 134 valence electrons. The molecule has 1 aliphatic rings. The fourth-order valence-corrected chi connectivity index (χ4v) is 3.77. The molecule has 25 heavy (non-hydrogen) atoms. The van der Waals surface area contributed by atoms with Crippen molar-refractivity contribution in [1.82, 2.24) is 19.6 Å². The molecule has 6 heteroatoms. The zero-order valence-electron chi connectivity index (χ0n) is 15.1. The van der Waals surface area contributed by atoms with E-state index >= 15 is 0 Å². The predicted octanol–water partition coefficient (Wildman–Crippen LogP) is 3.50. The highest BCUT2D eigenvalue weighted by atomic mass is 35.5. The topological polar surface area (TPSA) is 41.4 Å². The number of rotatable bonds is 4. The van der Waals surface area contributed by atoms with Gasteiger partial charge in [0.25, 0.3) is 5.91 Å². The average Bonchev–Trinajstić information content (AvgIpc) is 2.93. The normalized spacial score (nSPS) is 18.0. The minimum atomic E-state index is -0.0351. The van der Waals surface area contributed by atoms with E-state index in [1.54, 1.807) is 11.7 Å². The second-order valence-corrected chi connectivity index (χ2v) is 7.36. The largest absolute Gasteiger partial charge is 0.330 e. The molecular formula is C19H25ClN4O. The number of amides is 1. The van der Waals surface area contributed by atoms with Crippen LogP contribution in [0.1, 0.15) is 46.9 Å². The molecule has 1 aromatic carbocycles. The van der Waals surface area contributed by atoms with E-state index in [1.807, 2.05) is 4.90 Å². The molecule has 2 heterocycles. The molecule has 5 nitrogen and oxygen atoms in total. The van der Waals surface area contributed by atoms with Gasteiger partial charge in [0.2, 0.25) is 0 Å². The minimum Gasteiger partial charge on any atom is -0.330 e. The zero-order chi connectivity index (χ0) is 18.0. The highest BCUT2D eigenvalue weighted by molar-refractivity contribution is 6.33. The molecule has 1 amide bonds. The summed E-state index contributed by atoms with van der Waals surface area (Å²) in [5.41, 5.74) is 2.93. The summed E-state index contributed by atoms with van der Waals surface area (Å²) in [6.45, 7) is 1.67. The lowest BCUT2D eigenvalue weighted by Gasteiger charge is -2.36. The van der Waals surface area contributed by atoms with E-state index in [9.17, 15) is 4.79 Å². The molecule has 1 aromatic heterocycles. The molecule has 1 fully saturated rings. The summed E-state index contributed by atoms with van der Waals surface area (Å²) in [6.07, 6.45) is 4.67. The molecule has 0 spiro atoms. The van der Waals surface area contributed by atoms with Gasteiger partial charge >= 0.3 is 0 Å². The van der Waals surface area contributed by atoms with Gasteiger partial charge in [0, 0.05) is 20.1 Å². The fraction of sp³-hybridized carbons (Fsp3) is 0.474. The third-order valence-corrected chi connectivity index (χ3v) is 5.00. The van der Waals surface area contributed by atoms with Gasteiger partial charge in [-0.15, -0.1) is 0 Å². The Hall–Kier alpha value is -1.85. The number of nitrogens with zero attached hydrogens (tertiary/aromatic N) is 4. The van der Waals surface area contributed by atoms with Gasteiger partial charge < -0.3 is 9.80 Å². The van der Waals surface area contributed by atoms with Crippen LogP contribution in [0.25, 0.3) is 0 Å². The van der Waals surface area contributed by atoms with Crippen molar-refractivity contribution in [3.8, 4) is 0 Å². The number of hydrogen-bond donors (Lipinski definition) is 0. The molecular weight excluding hydrogens is 336 g/mol. The quantitative estimate of drug-likeness (QED) is 0.837. The second kappa shape index (κ2) is 7.58. The molecule has 0 bridgehead atoms. The van der Waals surface area contributed by atoms with E-state index in [-0.39, 0.29) is 11.9 Å². The second-order valence-electron chi connectivity index (χ2n) is 6.95. The van der Waals surface area contributed by atoms with Crippen LogP contribution < -0.4 is 0 Å². The van der Waals surface area contributed by atoms with Crippen LogP contribution in [0.3, 0.4) is 0 Å². The standard InChI is InChI=1S/C19H25ClN4O/c1-22(2)13-14-7-9-15(10-8-14)17-6-4-5-11-24(17)19(25)18-16(20)12-21-23(18)3/h7-10,12,17H,4-6,11,13H2,1-3H3. The van der Waals surface area contributed by atoms with Crippen LogP contribution in [0.15, 0.2) is 30.5 Å². The van der Waals surface area contributed by atoms with Crippen molar-refractivity contribution in [1.29, 1.82) is 0 Å². The number of benzene rings is 1. The van der Waals surface area contributed by atoms with Crippen LogP contribution >= 0.6 is 11.6 Å². The number of likely N-dealkylation sites (tertiary alicyclic amines) is 1.